The minimum atomic E-state index is 0.438. The largest absolute Gasteiger partial charge is 0.264 e. The van der Waals surface area contributed by atoms with Crippen molar-refractivity contribution in [1.82, 2.24) is 9.78 Å². The molecular formula is C18H24N2. The van der Waals surface area contributed by atoms with Crippen LogP contribution in [0.3, 0.4) is 0 Å². The molecule has 0 aliphatic heterocycles. The van der Waals surface area contributed by atoms with Gasteiger partial charge in [0, 0.05) is 11.9 Å². The molecule has 3 rings (SSSR count). The van der Waals surface area contributed by atoms with Crippen molar-refractivity contribution in [3.63, 3.8) is 0 Å². The highest BCUT2D eigenvalue weighted by Gasteiger charge is 2.19. The fourth-order valence-corrected chi connectivity index (χ4v) is 3.21. The quantitative estimate of drug-likeness (QED) is 0.771. The Kier molecular flexibility index (Phi) is 3.64. The molecule has 0 amide bonds. The topological polar surface area (TPSA) is 17.8 Å². The zero-order chi connectivity index (χ0) is 14.1. The van der Waals surface area contributed by atoms with Crippen LogP contribution in [0.15, 0.2) is 30.8 Å². The van der Waals surface area contributed by atoms with Gasteiger partial charge in [-0.15, -0.1) is 0 Å². The molecule has 0 N–H and O–H groups in total. The van der Waals surface area contributed by atoms with Gasteiger partial charge in [0.05, 0.1) is 11.2 Å². The summed E-state index contributed by atoms with van der Waals surface area (Å²) in [5.74, 6) is 1.24. The van der Waals surface area contributed by atoms with Crippen LogP contribution in [0, 0.1) is 11.8 Å². The summed E-state index contributed by atoms with van der Waals surface area (Å²) in [6.07, 6.45) is 5.48. The lowest BCUT2D eigenvalue weighted by Crippen LogP contribution is -2.09. The number of hydrogen-bond acceptors (Lipinski definition) is 1. The van der Waals surface area contributed by atoms with Gasteiger partial charge in [-0.3, -0.25) is 4.68 Å². The Bertz CT molecular complexity index is 615. The summed E-state index contributed by atoms with van der Waals surface area (Å²) in [6, 6.07) is 8.57. The van der Waals surface area contributed by atoms with Crippen LogP contribution in [0.1, 0.15) is 45.2 Å². The average Bonchev–Trinajstić information content (AvgIpc) is 3.07. The number of benzene rings is 1. The second kappa shape index (κ2) is 5.43. The maximum Gasteiger partial charge on any atom is 0.0958 e. The Labute approximate surface area is 121 Å². The fourth-order valence-electron chi connectivity index (χ4n) is 3.21. The molecule has 20 heavy (non-hydrogen) atoms. The Morgan fingerprint density at radius 3 is 2.70 bits per heavy atom. The predicted molar refractivity (Wildman–Crippen MR) is 85.6 cm³/mol. The van der Waals surface area contributed by atoms with Gasteiger partial charge < -0.3 is 0 Å². The van der Waals surface area contributed by atoms with E-state index in [4.69, 9.17) is 5.10 Å². The van der Waals surface area contributed by atoms with Crippen LogP contribution in [-0.2, 0) is 6.54 Å². The molecule has 2 aromatic rings. The van der Waals surface area contributed by atoms with Gasteiger partial charge in [-0.2, -0.15) is 5.10 Å². The predicted octanol–water partition coefficient (Wildman–Crippen LogP) is 4.90. The standard InChI is InChI=1S/C18H24N2/c1-13(2)14(3)18-16-10-6-7-11-17(16)20(19-18)12-15-8-4-5-9-15/h6-7,10-11,13,15H,3-5,8-9,12H2,1-2H3. The molecule has 0 spiro atoms. The summed E-state index contributed by atoms with van der Waals surface area (Å²) >= 11 is 0. The van der Waals surface area contributed by atoms with Gasteiger partial charge in [-0.25, -0.2) is 0 Å². The average molecular weight is 268 g/mol. The molecule has 0 saturated heterocycles. The van der Waals surface area contributed by atoms with E-state index in [0.29, 0.717) is 5.92 Å². The number of allylic oxidation sites excluding steroid dienone is 1. The first-order chi connectivity index (χ1) is 9.66. The van der Waals surface area contributed by atoms with Crippen LogP contribution >= 0.6 is 0 Å². The lowest BCUT2D eigenvalue weighted by molar-refractivity contribution is 0.437. The van der Waals surface area contributed by atoms with Crippen LogP contribution in [0.5, 0.6) is 0 Å². The summed E-state index contributed by atoms with van der Waals surface area (Å²) in [7, 11) is 0. The monoisotopic (exact) mass is 268 g/mol. The molecule has 2 nitrogen and oxygen atoms in total. The lowest BCUT2D eigenvalue weighted by atomic mass is 9.99. The number of rotatable bonds is 4. The molecule has 0 bridgehead atoms. The summed E-state index contributed by atoms with van der Waals surface area (Å²) in [5.41, 5.74) is 3.50. The molecule has 1 aliphatic rings. The summed E-state index contributed by atoms with van der Waals surface area (Å²) in [4.78, 5) is 0. The Hall–Kier alpha value is -1.57. The third-order valence-corrected chi connectivity index (χ3v) is 4.56. The van der Waals surface area contributed by atoms with Crippen LogP contribution in [-0.4, -0.2) is 9.78 Å². The number of hydrogen-bond donors (Lipinski definition) is 0. The molecule has 2 heteroatoms. The van der Waals surface area contributed by atoms with E-state index in [9.17, 15) is 0 Å². The van der Waals surface area contributed by atoms with E-state index in [-0.39, 0.29) is 0 Å². The Balaban J connectivity index is 2.01. The molecule has 1 heterocycles. The molecule has 1 saturated carbocycles. The summed E-state index contributed by atoms with van der Waals surface area (Å²) in [5, 5.41) is 6.14. The Morgan fingerprint density at radius 2 is 2.00 bits per heavy atom. The molecule has 1 aromatic heterocycles. The normalized spacial score (nSPS) is 16.4. The number of para-hydroxylation sites is 1. The van der Waals surface area contributed by atoms with E-state index in [1.54, 1.807) is 0 Å². The van der Waals surface area contributed by atoms with E-state index in [1.165, 1.54) is 36.6 Å². The smallest absolute Gasteiger partial charge is 0.0958 e. The van der Waals surface area contributed by atoms with E-state index >= 15 is 0 Å². The van der Waals surface area contributed by atoms with Crippen molar-refractivity contribution in [3.8, 4) is 0 Å². The molecule has 0 radical (unpaired) electrons. The molecule has 1 aromatic carbocycles. The Morgan fingerprint density at radius 1 is 1.30 bits per heavy atom. The maximum absolute atomic E-state index is 4.89. The number of nitrogens with zero attached hydrogens (tertiary/aromatic N) is 2. The van der Waals surface area contributed by atoms with Gasteiger partial charge >= 0.3 is 0 Å². The lowest BCUT2D eigenvalue weighted by Gasteiger charge is -2.10. The van der Waals surface area contributed by atoms with Gasteiger partial charge in [0.25, 0.3) is 0 Å². The molecule has 0 unspecified atom stereocenters. The van der Waals surface area contributed by atoms with E-state index in [2.05, 4.69) is 49.4 Å². The van der Waals surface area contributed by atoms with E-state index in [0.717, 1.165) is 23.7 Å². The van der Waals surface area contributed by atoms with Crippen molar-refractivity contribution in [2.24, 2.45) is 11.8 Å². The van der Waals surface area contributed by atoms with Crippen LogP contribution < -0.4 is 0 Å². The van der Waals surface area contributed by atoms with Crippen LogP contribution in [0.25, 0.3) is 16.5 Å². The van der Waals surface area contributed by atoms with Crippen molar-refractivity contribution in [1.29, 1.82) is 0 Å². The molecule has 106 valence electrons. The van der Waals surface area contributed by atoms with Gasteiger partial charge in [-0.05, 0) is 36.3 Å². The number of aromatic nitrogens is 2. The van der Waals surface area contributed by atoms with Gasteiger partial charge in [0.2, 0.25) is 0 Å². The molecule has 1 fully saturated rings. The highest BCUT2D eigenvalue weighted by atomic mass is 15.3. The third kappa shape index (κ3) is 2.39. The summed E-state index contributed by atoms with van der Waals surface area (Å²) in [6.45, 7) is 9.68. The first-order valence-corrected chi connectivity index (χ1v) is 7.81. The second-order valence-corrected chi connectivity index (χ2v) is 6.38. The van der Waals surface area contributed by atoms with Gasteiger partial charge in [0.1, 0.15) is 0 Å². The third-order valence-electron chi connectivity index (χ3n) is 4.56. The van der Waals surface area contributed by atoms with Crippen molar-refractivity contribution in [2.75, 3.05) is 0 Å². The molecule has 0 atom stereocenters. The van der Waals surface area contributed by atoms with Gasteiger partial charge in [0.15, 0.2) is 0 Å². The van der Waals surface area contributed by atoms with E-state index < -0.39 is 0 Å². The van der Waals surface area contributed by atoms with Crippen molar-refractivity contribution >= 4 is 16.5 Å². The van der Waals surface area contributed by atoms with Crippen molar-refractivity contribution < 1.29 is 0 Å². The maximum atomic E-state index is 4.89. The minimum Gasteiger partial charge on any atom is -0.264 e. The zero-order valence-electron chi connectivity index (χ0n) is 12.6. The van der Waals surface area contributed by atoms with Crippen molar-refractivity contribution in [2.45, 2.75) is 46.1 Å². The van der Waals surface area contributed by atoms with Crippen molar-refractivity contribution in [3.05, 3.63) is 36.5 Å². The highest BCUT2D eigenvalue weighted by molar-refractivity contribution is 5.90. The molecule has 1 aliphatic carbocycles. The first-order valence-electron chi connectivity index (χ1n) is 7.81. The van der Waals surface area contributed by atoms with Gasteiger partial charge in [-0.1, -0.05) is 51.5 Å². The first kappa shape index (κ1) is 13.4. The van der Waals surface area contributed by atoms with Crippen LogP contribution in [0.4, 0.5) is 0 Å². The fraction of sp³-hybridized carbons (Fsp3) is 0.500. The molecular weight excluding hydrogens is 244 g/mol. The minimum absolute atomic E-state index is 0.438. The SMILES string of the molecule is C=C(c1nn(CC2CCCC2)c2ccccc12)C(C)C. The second-order valence-electron chi connectivity index (χ2n) is 6.38. The number of fused-ring (bicyclic) bond motifs is 1. The van der Waals surface area contributed by atoms with E-state index in [1.807, 2.05) is 0 Å². The van der Waals surface area contributed by atoms with Crippen LogP contribution in [0.2, 0.25) is 0 Å². The highest BCUT2D eigenvalue weighted by Crippen LogP contribution is 2.31. The summed E-state index contributed by atoms with van der Waals surface area (Å²) < 4.78 is 2.22. The zero-order valence-corrected chi connectivity index (χ0v) is 12.6.